The van der Waals surface area contributed by atoms with Crippen LogP contribution in [0.5, 0.6) is 0 Å². The van der Waals surface area contributed by atoms with Gasteiger partial charge in [0.2, 0.25) is 11.8 Å². The molecule has 6 nitrogen and oxygen atoms in total. The zero-order valence-corrected chi connectivity index (χ0v) is 24.5. The SMILES string of the molecule is O=C(N[C@H]1CCN(Cc2ccccc2)C1)[C@@H]1Cc2ccccc2N1C(=O)CCN1CCC2(CCc3ccccc32)CC1. The first kappa shape index (κ1) is 27.4. The second kappa shape index (κ2) is 11.7. The van der Waals surface area contributed by atoms with E-state index in [2.05, 4.69) is 69.7 Å². The molecule has 6 heteroatoms. The number of rotatable bonds is 7. The van der Waals surface area contributed by atoms with Crippen molar-refractivity contribution in [1.29, 1.82) is 0 Å². The Balaban J connectivity index is 0.958. The topological polar surface area (TPSA) is 55.9 Å². The maximum absolute atomic E-state index is 13.8. The normalized spacial score (nSPS) is 23.2. The standard InChI is InChI=1S/C36H42N4O2/c41-34(16-21-38-22-18-36(19-23-38)17-14-28-10-4-6-12-31(28)36)40-32-13-7-5-11-29(32)24-33(40)35(42)37-30-15-20-39(26-30)25-27-8-2-1-3-9-27/h1-13,30,33H,14-26H2,(H,37,42)/t30-,33-/m0/s1. The third kappa shape index (κ3) is 5.38. The van der Waals surface area contributed by atoms with E-state index in [0.717, 1.165) is 56.9 Å². The molecule has 7 rings (SSSR count). The number of nitrogens with zero attached hydrogens (tertiary/aromatic N) is 3. The molecule has 42 heavy (non-hydrogen) atoms. The van der Waals surface area contributed by atoms with Crippen molar-refractivity contribution in [3.8, 4) is 0 Å². The number of fused-ring (bicyclic) bond motifs is 3. The van der Waals surface area contributed by atoms with E-state index < -0.39 is 6.04 Å². The first-order valence-corrected chi connectivity index (χ1v) is 15.9. The summed E-state index contributed by atoms with van der Waals surface area (Å²) in [5, 5.41) is 3.31. The molecule has 0 aromatic heterocycles. The highest BCUT2D eigenvalue weighted by Crippen LogP contribution is 2.46. The van der Waals surface area contributed by atoms with Crippen molar-refractivity contribution in [2.45, 2.75) is 69.0 Å². The smallest absolute Gasteiger partial charge is 0.243 e. The lowest BCUT2D eigenvalue weighted by atomic mass is 9.74. The van der Waals surface area contributed by atoms with E-state index in [1.165, 1.54) is 36.8 Å². The number of para-hydroxylation sites is 1. The van der Waals surface area contributed by atoms with Crippen LogP contribution in [-0.4, -0.2) is 66.4 Å². The van der Waals surface area contributed by atoms with E-state index in [1.807, 2.05) is 24.3 Å². The van der Waals surface area contributed by atoms with Gasteiger partial charge in [0.25, 0.3) is 0 Å². The zero-order valence-electron chi connectivity index (χ0n) is 24.5. The van der Waals surface area contributed by atoms with Crippen LogP contribution in [0.15, 0.2) is 78.9 Å². The lowest BCUT2D eigenvalue weighted by Gasteiger charge is -2.40. The number of carbonyl (C=O) groups excluding carboxylic acids is 2. The maximum atomic E-state index is 13.8. The van der Waals surface area contributed by atoms with Crippen molar-refractivity contribution in [3.05, 3.63) is 101 Å². The van der Waals surface area contributed by atoms with Crippen molar-refractivity contribution in [2.75, 3.05) is 37.6 Å². The van der Waals surface area contributed by atoms with Crippen LogP contribution >= 0.6 is 0 Å². The predicted molar refractivity (Wildman–Crippen MR) is 166 cm³/mol. The Kier molecular flexibility index (Phi) is 7.59. The van der Waals surface area contributed by atoms with Crippen LogP contribution in [-0.2, 0) is 34.4 Å². The van der Waals surface area contributed by atoms with Gasteiger partial charge in [0.15, 0.2) is 0 Å². The largest absolute Gasteiger partial charge is 0.350 e. The molecule has 1 spiro atoms. The average molecular weight is 563 g/mol. The Labute approximate surface area is 249 Å². The highest BCUT2D eigenvalue weighted by atomic mass is 16.2. The van der Waals surface area contributed by atoms with Crippen LogP contribution in [0, 0.1) is 0 Å². The number of benzene rings is 3. The summed E-state index contributed by atoms with van der Waals surface area (Å²) in [5.41, 5.74) is 6.70. The maximum Gasteiger partial charge on any atom is 0.243 e. The molecule has 0 bridgehead atoms. The van der Waals surface area contributed by atoms with Gasteiger partial charge >= 0.3 is 0 Å². The monoisotopic (exact) mass is 562 g/mol. The summed E-state index contributed by atoms with van der Waals surface area (Å²) >= 11 is 0. The minimum atomic E-state index is -0.474. The predicted octanol–water partition coefficient (Wildman–Crippen LogP) is 4.71. The summed E-state index contributed by atoms with van der Waals surface area (Å²) in [6.45, 7) is 5.52. The van der Waals surface area contributed by atoms with Crippen LogP contribution in [0.4, 0.5) is 5.69 Å². The first-order valence-electron chi connectivity index (χ1n) is 15.9. The fourth-order valence-corrected chi connectivity index (χ4v) is 8.00. The van der Waals surface area contributed by atoms with Crippen LogP contribution in [0.3, 0.4) is 0 Å². The molecule has 2 amide bonds. The van der Waals surface area contributed by atoms with Crippen molar-refractivity contribution in [3.63, 3.8) is 0 Å². The van der Waals surface area contributed by atoms with Crippen LogP contribution in [0.1, 0.15) is 54.4 Å². The molecule has 4 aliphatic rings. The van der Waals surface area contributed by atoms with E-state index in [4.69, 9.17) is 0 Å². The summed E-state index contributed by atoms with van der Waals surface area (Å²) in [5.74, 6) is 0.0367. The van der Waals surface area contributed by atoms with Crippen molar-refractivity contribution >= 4 is 17.5 Å². The first-order chi connectivity index (χ1) is 20.6. The third-order valence-corrected chi connectivity index (χ3v) is 10.3. The van der Waals surface area contributed by atoms with Crippen LogP contribution in [0.2, 0.25) is 0 Å². The summed E-state index contributed by atoms with van der Waals surface area (Å²) in [4.78, 5) is 34.1. The molecular formula is C36H42N4O2. The third-order valence-electron chi connectivity index (χ3n) is 10.3. The fraction of sp³-hybridized carbons (Fsp3) is 0.444. The van der Waals surface area contributed by atoms with Gasteiger partial charge in [-0.15, -0.1) is 0 Å². The van der Waals surface area contributed by atoms with E-state index in [0.29, 0.717) is 18.3 Å². The Hall–Kier alpha value is -3.48. The lowest BCUT2D eigenvalue weighted by molar-refractivity contribution is -0.126. The van der Waals surface area contributed by atoms with E-state index >= 15 is 0 Å². The number of hydrogen-bond acceptors (Lipinski definition) is 4. The zero-order chi connectivity index (χ0) is 28.5. The summed E-state index contributed by atoms with van der Waals surface area (Å²) in [6.07, 6.45) is 6.74. The molecule has 218 valence electrons. The van der Waals surface area contributed by atoms with Gasteiger partial charge in [0, 0.05) is 50.7 Å². The molecule has 0 radical (unpaired) electrons. The molecule has 0 saturated carbocycles. The van der Waals surface area contributed by atoms with Gasteiger partial charge in [0.1, 0.15) is 6.04 Å². The van der Waals surface area contributed by atoms with Gasteiger partial charge < -0.3 is 10.2 Å². The van der Waals surface area contributed by atoms with Gasteiger partial charge in [-0.25, -0.2) is 0 Å². The number of anilines is 1. The average Bonchev–Trinajstić information content (AvgIpc) is 3.73. The van der Waals surface area contributed by atoms with Crippen molar-refractivity contribution in [1.82, 2.24) is 15.1 Å². The lowest BCUT2D eigenvalue weighted by Crippen LogP contribution is -2.51. The molecule has 3 heterocycles. The molecule has 0 unspecified atom stereocenters. The molecule has 2 fully saturated rings. The molecule has 1 N–H and O–H groups in total. The van der Waals surface area contributed by atoms with Gasteiger partial charge in [-0.2, -0.15) is 0 Å². The summed E-state index contributed by atoms with van der Waals surface area (Å²) in [7, 11) is 0. The number of aryl methyl sites for hydroxylation is 1. The van der Waals surface area contributed by atoms with Crippen molar-refractivity contribution < 1.29 is 9.59 Å². The number of carbonyl (C=O) groups is 2. The highest BCUT2D eigenvalue weighted by Gasteiger charge is 2.42. The molecule has 3 aromatic rings. The molecular weight excluding hydrogens is 520 g/mol. The van der Waals surface area contributed by atoms with Crippen molar-refractivity contribution in [2.24, 2.45) is 0 Å². The second-order valence-electron chi connectivity index (χ2n) is 12.9. The molecule has 3 aliphatic heterocycles. The summed E-state index contributed by atoms with van der Waals surface area (Å²) in [6, 6.07) is 27.2. The highest BCUT2D eigenvalue weighted by molar-refractivity contribution is 6.03. The fourth-order valence-electron chi connectivity index (χ4n) is 8.00. The number of likely N-dealkylation sites (tertiary alicyclic amines) is 2. The molecule has 2 saturated heterocycles. The number of nitrogens with one attached hydrogen (secondary N) is 1. The Morgan fingerprint density at radius 1 is 0.810 bits per heavy atom. The Bertz CT molecular complexity index is 1430. The quantitative estimate of drug-likeness (QED) is 0.454. The summed E-state index contributed by atoms with van der Waals surface area (Å²) < 4.78 is 0. The van der Waals surface area contributed by atoms with Crippen LogP contribution in [0.25, 0.3) is 0 Å². The van der Waals surface area contributed by atoms with Gasteiger partial charge in [-0.1, -0.05) is 72.8 Å². The van der Waals surface area contributed by atoms with E-state index in [-0.39, 0.29) is 17.9 Å². The van der Waals surface area contributed by atoms with E-state index in [9.17, 15) is 9.59 Å². The van der Waals surface area contributed by atoms with Gasteiger partial charge in [-0.3, -0.25) is 19.4 Å². The van der Waals surface area contributed by atoms with E-state index in [1.54, 1.807) is 10.5 Å². The minimum absolute atomic E-state index is 0.0223. The minimum Gasteiger partial charge on any atom is -0.350 e. The molecule has 2 atom stereocenters. The molecule has 3 aromatic carbocycles. The number of piperidine rings is 1. The second-order valence-corrected chi connectivity index (χ2v) is 12.9. The van der Waals surface area contributed by atoms with Gasteiger partial charge in [0.05, 0.1) is 0 Å². The number of amides is 2. The Morgan fingerprint density at radius 3 is 2.38 bits per heavy atom. The molecule has 1 aliphatic carbocycles. The van der Waals surface area contributed by atoms with Crippen LogP contribution < -0.4 is 10.2 Å². The van der Waals surface area contributed by atoms with Gasteiger partial charge in [-0.05, 0) is 78.9 Å². The Morgan fingerprint density at radius 2 is 1.55 bits per heavy atom. The number of hydrogen-bond donors (Lipinski definition) is 1.